The lowest BCUT2D eigenvalue weighted by Crippen LogP contribution is -2.28. The van der Waals surface area contributed by atoms with Gasteiger partial charge in [0.15, 0.2) is 17.3 Å². The zero-order chi connectivity index (χ0) is 14.6. The van der Waals surface area contributed by atoms with Crippen LogP contribution in [0.3, 0.4) is 0 Å². The second-order valence-electron chi connectivity index (χ2n) is 4.49. The summed E-state index contributed by atoms with van der Waals surface area (Å²) in [6.45, 7) is 3.41. The molecule has 5 heteroatoms. The molecule has 0 saturated heterocycles. The molecule has 0 heterocycles. The van der Waals surface area contributed by atoms with Crippen LogP contribution in [-0.2, 0) is 4.79 Å². The number of Topliss-reactive ketones (excluding diaryl/α,β-unsaturated/α-hetero) is 1. The minimum atomic E-state index is -1.12. The number of hydrogen-bond acceptors (Lipinski definition) is 4. The third-order valence-electron chi connectivity index (χ3n) is 2.88. The van der Waals surface area contributed by atoms with Gasteiger partial charge in [0.1, 0.15) is 5.92 Å². The number of methoxy groups -OCH3 is 2. The van der Waals surface area contributed by atoms with Crippen molar-refractivity contribution in [2.75, 3.05) is 14.2 Å². The lowest BCUT2D eigenvalue weighted by Gasteiger charge is -2.16. The second kappa shape index (κ2) is 6.22. The van der Waals surface area contributed by atoms with Gasteiger partial charge in [0.05, 0.1) is 14.2 Å². The molecule has 0 aliphatic rings. The van der Waals surface area contributed by atoms with Gasteiger partial charge in [-0.15, -0.1) is 0 Å². The number of carboxylic acids is 1. The van der Waals surface area contributed by atoms with E-state index in [-0.39, 0.29) is 5.92 Å². The van der Waals surface area contributed by atoms with Crippen molar-refractivity contribution in [3.63, 3.8) is 0 Å². The van der Waals surface area contributed by atoms with E-state index in [4.69, 9.17) is 14.6 Å². The summed E-state index contributed by atoms with van der Waals surface area (Å²) < 4.78 is 10.2. The lowest BCUT2D eigenvalue weighted by atomic mass is 9.88. The molecule has 0 fully saturated rings. The van der Waals surface area contributed by atoms with Gasteiger partial charge < -0.3 is 14.6 Å². The number of ether oxygens (including phenoxy) is 2. The quantitative estimate of drug-likeness (QED) is 0.631. The molecule has 0 radical (unpaired) electrons. The maximum Gasteiger partial charge on any atom is 0.314 e. The molecule has 1 atom stereocenters. The number of hydrogen-bond donors (Lipinski definition) is 1. The van der Waals surface area contributed by atoms with Crippen LogP contribution < -0.4 is 9.47 Å². The molecule has 0 aliphatic carbocycles. The zero-order valence-electron chi connectivity index (χ0n) is 11.5. The average Bonchev–Trinajstić information content (AvgIpc) is 2.36. The Morgan fingerprint density at radius 2 is 1.68 bits per heavy atom. The van der Waals surface area contributed by atoms with Crippen molar-refractivity contribution in [1.82, 2.24) is 0 Å². The normalized spacial score (nSPS) is 12.1. The number of carbonyl (C=O) groups is 2. The minimum Gasteiger partial charge on any atom is -0.493 e. The first-order valence-corrected chi connectivity index (χ1v) is 5.91. The number of rotatable bonds is 6. The zero-order valence-corrected chi connectivity index (χ0v) is 11.5. The summed E-state index contributed by atoms with van der Waals surface area (Å²) >= 11 is 0. The van der Waals surface area contributed by atoms with Crippen molar-refractivity contribution in [3.05, 3.63) is 23.8 Å². The Bertz CT molecular complexity index is 479. The Labute approximate surface area is 112 Å². The first-order chi connectivity index (χ1) is 8.92. The predicted molar refractivity (Wildman–Crippen MR) is 69.8 cm³/mol. The fourth-order valence-corrected chi connectivity index (χ4v) is 1.87. The van der Waals surface area contributed by atoms with E-state index in [2.05, 4.69) is 0 Å². The molecule has 0 aromatic heterocycles. The van der Waals surface area contributed by atoms with Gasteiger partial charge in [0.2, 0.25) is 0 Å². The summed E-state index contributed by atoms with van der Waals surface area (Å²) in [6.07, 6.45) is 0. The average molecular weight is 266 g/mol. The van der Waals surface area contributed by atoms with E-state index < -0.39 is 17.7 Å². The Hall–Kier alpha value is -2.04. The first kappa shape index (κ1) is 15.0. The number of carboxylic acid groups (broad SMARTS) is 1. The monoisotopic (exact) mass is 266 g/mol. The van der Waals surface area contributed by atoms with Crippen molar-refractivity contribution in [2.24, 2.45) is 11.8 Å². The molecule has 5 nitrogen and oxygen atoms in total. The van der Waals surface area contributed by atoms with Gasteiger partial charge in [-0.3, -0.25) is 9.59 Å². The summed E-state index contributed by atoms with van der Waals surface area (Å²) in [5, 5.41) is 9.13. The summed E-state index contributed by atoms with van der Waals surface area (Å²) in [5.74, 6) is -1.98. The molecular formula is C14H18O5. The van der Waals surface area contributed by atoms with E-state index in [0.29, 0.717) is 17.1 Å². The maximum absolute atomic E-state index is 12.2. The summed E-state index contributed by atoms with van der Waals surface area (Å²) in [4.78, 5) is 23.4. The van der Waals surface area contributed by atoms with E-state index in [9.17, 15) is 9.59 Å². The van der Waals surface area contributed by atoms with E-state index in [1.165, 1.54) is 20.3 Å². The number of ketones is 1. The summed E-state index contributed by atoms with van der Waals surface area (Å²) in [7, 11) is 2.96. The smallest absolute Gasteiger partial charge is 0.314 e. The Morgan fingerprint density at radius 1 is 1.11 bits per heavy atom. The van der Waals surface area contributed by atoms with Gasteiger partial charge in [0, 0.05) is 5.56 Å². The number of aliphatic carboxylic acids is 1. The second-order valence-corrected chi connectivity index (χ2v) is 4.49. The highest BCUT2D eigenvalue weighted by atomic mass is 16.5. The van der Waals surface area contributed by atoms with Crippen LogP contribution in [0.5, 0.6) is 11.5 Å². The molecule has 1 N–H and O–H groups in total. The van der Waals surface area contributed by atoms with Crippen LogP contribution >= 0.6 is 0 Å². The van der Waals surface area contributed by atoms with Gasteiger partial charge in [-0.2, -0.15) is 0 Å². The van der Waals surface area contributed by atoms with Crippen LogP contribution in [0, 0.1) is 11.8 Å². The SMILES string of the molecule is COc1ccc(C(=O)C(C(=O)O)C(C)C)cc1OC. The molecule has 0 spiro atoms. The number of carbonyl (C=O) groups excluding carboxylic acids is 1. The molecule has 0 bridgehead atoms. The fourth-order valence-electron chi connectivity index (χ4n) is 1.87. The molecule has 104 valence electrons. The van der Waals surface area contributed by atoms with E-state index >= 15 is 0 Å². The Kier molecular flexibility index (Phi) is 4.92. The Morgan fingerprint density at radius 3 is 2.11 bits per heavy atom. The maximum atomic E-state index is 12.2. The van der Waals surface area contributed by atoms with Gasteiger partial charge in [0.25, 0.3) is 0 Å². The third-order valence-corrected chi connectivity index (χ3v) is 2.88. The van der Waals surface area contributed by atoms with Crippen LogP contribution in [0.4, 0.5) is 0 Å². The fraction of sp³-hybridized carbons (Fsp3) is 0.429. The van der Waals surface area contributed by atoms with Gasteiger partial charge in [-0.05, 0) is 24.1 Å². The van der Waals surface area contributed by atoms with Gasteiger partial charge >= 0.3 is 5.97 Å². The highest BCUT2D eigenvalue weighted by Crippen LogP contribution is 2.29. The Balaban J connectivity index is 3.15. The van der Waals surface area contributed by atoms with Crippen molar-refractivity contribution in [2.45, 2.75) is 13.8 Å². The number of benzene rings is 1. The molecule has 1 unspecified atom stereocenters. The largest absolute Gasteiger partial charge is 0.493 e. The molecule has 0 saturated carbocycles. The van der Waals surface area contributed by atoms with Crippen molar-refractivity contribution in [1.29, 1.82) is 0 Å². The molecule has 1 rings (SSSR count). The molecular weight excluding hydrogens is 248 g/mol. The van der Waals surface area contributed by atoms with Crippen LogP contribution in [0.2, 0.25) is 0 Å². The van der Waals surface area contributed by atoms with Crippen molar-refractivity contribution in [3.8, 4) is 11.5 Å². The van der Waals surface area contributed by atoms with Crippen molar-refractivity contribution < 1.29 is 24.2 Å². The molecule has 1 aromatic rings. The third kappa shape index (κ3) is 3.24. The van der Waals surface area contributed by atoms with Crippen molar-refractivity contribution >= 4 is 11.8 Å². The first-order valence-electron chi connectivity index (χ1n) is 5.91. The minimum absolute atomic E-state index is 0.280. The predicted octanol–water partition coefficient (Wildman–Crippen LogP) is 2.24. The molecule has 0 aliphatic heterocycles. The van der Waals surface area contributed by atoms with E-state index in [1.807, 2.05) is 0 Å². The topological polar surface area (TPSA) is 72.8 Å². The lowest BCUT2D eigenvalue weighted by molar-refractivity contribution is -0.141. The van der Waals surface area contributed by atoms with E-state index in [0.717, 1.165) is 0 Å². The summed E-state index contributed by atoms with van der Waals surface area (Å²) in [5.41, 5.74) is 0.304. The van der Waals surface area contributed by atoms with Crippen LogP contribution in [0.1, 0.15) is 24.2 Å². The standard InChI is InChI=1S/C14H18O5/c1-8(2)12(14(16)17)13(15)9-5-6-10(18-3)11(7-9)19-4/h5-8,12H,1-4H3,(H,16,17). The molecule has 0 amide bonds. The van der Waals surface area contributed by atoms with Crippen LogP contribution in [0.15, 0.2) is 18.2 Å². The van der Waals surface area contributed by atoms with Crippen LogP contribution in [0.25, 0.3) is 0 Å². The highest BCUT2D eigenvalue weighted by molar-refractivity contribution is 6.08. The van der Waals surface area contributed by atoms with E-state index in [1.54, 1.807) is 26.0 Å². The van der Waals surface area contributed by atoms with Gasteiger partial charge in [-0.1, -0.05) is 13.8 Å². The summed E-state index contributed by atoms with van der Waals surface area (Å²) in [6, 6.07) is 4.63. The highest BCUT2D eigenvalue weighted by Gasteiger charge is 2.30. The molecule has 19 heavy (non-hydrogen) atoms. The van der Waals surface area contributed by atoms with Crippen LogP contribution in [-0.4, -0.2) is 31.1 Å². The van der Waals surface area contributed by atoms with Gasteiger partial charge in [-0.25, -0.2) is 0 Å². The molecule has 1 aromatic carbocycles.